The summed E-state index contributed by atoms with van der Waals surface area (Å²) in [4.78, 5) is 15.7. The first-order valence-electron chi connectivity index (χ1n) is 7.31. The van der Waals surface area contributed by atoms with Crippen LogP contribution in [0.3, 0.4) is 0 Å². The zero-order chi connectivity index (χ0) is 14.7. The lowest BCUT2D eigenvalue weighted by Crippen LogP contribution is -2.13. The first kappa shape index (κ1) is 14.1. The molecule has 1 heterocycles. The van der Waals surface area contributed by atoms with Gasteiger partial charge < -0.3 is 10.6 Å². The van der Waals surface area contributed by atoms with Gasteiger partial charge in [-0.25, -0.2) is 4.98 Å². The number of hydrogen-bond donors (Lipinski definition) is 2. The van der Waals surface area contributed by atoms with Gasteiger partial charge in [0, 0.05) is 29.6 Å². The number of carbonyl (C=O) groups is 1. The molecule has 4 nitrogen and oxygen atoms in total. The number of benzene rings is 1. The van der Waals surface area contributed by atoms with Gasteiger partial charge in [-0.15, -0.1) is 11.3 Å². The second-order valence-corrected chi connectivity index (χ2v) is 6.28. The smallest absolute Gasteiger partial charge is 0.221 e. The van der Waals surface area contributed by atoms with Crippen LogP contribution in [0.25, 0.3) is 11.3 Å². The molecule has 21 heavy (non-hydrogen) atoms. The van der Waals surface area contributed by atoms with E-state index >= 15 is 0 Å². The zero-order valence-electron chi connectivity index (χ0n) is 12.1. The highest BCUT2D eigenvalue weighted by atomic mass is 32.1. The predicted octanol–water partition coefficient (Wildman–Crippen LogP) is 4.12. The first-order chi connectivity index (χ1) is 10.2. The van der Waals surface area contributed by atoms with E-state index in [-0.39, 0.29) is 5.91 Å². The summed E-state index contributed by atoms with van der Waals surface area (Å²) < 4.78 is 0. The van der Waals surface area contributed by atoms with Crippen LogP contribution in [0.1, 0.15) is 32.6 Å². The Kier molecular flexibility index (Phi) is 4.20. The fraction of sp³-hybridized carbons (Fsp3) is 0.375. The van der Waals surface area contributed by atoms with E-state index in [9.17, 15) is 4.79 Å². The maximum atomic E-state index is 11.0. The molecule has 1 fully saturated rings. The van der Waals surface area contributed by atoms with Gasteiger partial charge in [0.05, 0.1) is 5.69 Å². The first-order valence-corrected chi connectivity index (χ1v) is 8.19. The van der Waals surface area contributed by atoms with Crippen LogP contribution in [-0.2, 0) is 4.79 Å². The third-order valence-electron chi connectivity index (χ3n) is 3.69. The summed E-state index contributed by atoms with van der Waals surface area (Å²) in [5, 5.41) is 9.36. The maximum Gasteiger partial charge on any atom is 0.221 e. The third-order valence-corrected chi connectivity index (χ3v) is 4.46. The van der Waals surface area contributed by atoms with Crippen LogP contribution >= 0.6 is 11.3 Å². The molecule has 0 aliphatic heterocycles. The van der Waals surface area contributed by atoms with Crippen molar-refractivity contribution in [1.29, 1.82) is 0 Å². The van der Waals surface area contributed by atoms with Crippen LogP contribution in [-0.4, -0.2) is 16.9 Å². The largest absolute Gasteiger partial charge is 0.359 e. The molecule has 0 unspecified atom stereocenters. The Hall–Kier alpha value is -1.88. The highest BCUT2D eigenvalue weighted by Gasteiger charge is 2.16. The van der Waals surface area contributed by atoms with Crippen molar-refractivity contribution in [3.63, 3.8) is 0 Å². The number of amides is 1. The van der Waals surface area contributed by atoms with E-state index in [2.05, 4.69) is 21.0 Å². The molecule has 1 saturated carbocycles. The van der Waals surface area contributed by atoms with Crippen molar-refractivity contribution in [3.8, 4) is 11.3 Å². The van der Waals surface area contributed by atoms with E-state index < -0.39 is 0 Å². The van der Waals surface area contributed by atoms with Crippen molar-refractivity contribution in [2.75, 3.05) is 10.6 Å². The van der Waals surface area contributed by atoms with Gasteiger partial charge in [-0.2, -0.15) is 0 Å². The molecule has 5 heteroatoms. The summed E-state index contributed by atoms with van der Waals surface area (Å²) in [6.07, 6.45) is 5.14. The summed E-state index contributed by atoms with van der Waals surface area (Å²) in [5.74, 6) is -0.0561. The minimum absolute atomic E-state index is 0.0561. The molecule has 2 N–H and O–H groups in total. The van der Waals surface area contributed by atoms with Gasteiger partial charge in [0.2, 0.25) is 5.91 Å². The van der Waals surface area contributed by atoms with Crippen LogP contribution in [0, 0.1) is 0 Å². The van der Waals surface area contributed by atoms with E-state index in [1.165, 1.54) is 32.6 Å². The monoisotopic (exact) mass is 301 g/mol. The molecule has 0 atom stereocenters. The number of thiazole rings is 1. The average molecular weight is 301 g/mol. The molecule has 1 aliphatic rings. The number of carbonyl (C=O) groups excluding carboxylic acids is 1. The minimum Gasteiger partial charge on any atom is -0.359 e. The molecule has 0 spiro atoms. The van der Waals surface area contributed by atoms with Crippen molar-refractivity contribution >= 4 is 28.1 Å². The SMILES string of the molecule is CC(=O)Nc1ccc(-c2csc(NC3CCCC3)n2)cc1. The van der Waals surface area contributed by atoms with Gasteiger partial charge in [-0.1, -0.05) is 25.0 Å². The lowest BCUT2D eigenvalue weighted by atomic mass is 10.1. The summed E-state index contributed by atoms with van der Waals surface area (Å²) in [6, 6.07) is 8.37. The van der Waals surface area contributed by atoms with Gasteiger partial charge in [0.25, 0.3) is 0 Å². The van der Waals surface area contributed by atoms with E-state index in [1.54, 1.807) is 11.3 Å². The zero-order valence-corrected chi connectivity index (χ0v) is 12.9. The second-order valence-electron chi connectivity index (χ2n) is 5.42. The number of rotatable bonds is 4. The van der Waals surface area contributed by atoms with Crippen molar-refractivity contribution in [2.24, 2.45) is 0 Å². The molecular formula is C16H19N3OS. The average Bonchev–Trinajstić information content (AvgIpc) is 3.11. The molecular weight excluding hydrogens is 282 g/mol. The molecule has 1 amide bonds. The number of hydrogen-bond acceptors (Lipinski definition) is 4. The second kappa shape index (κ2) is 6.26. The lowest BCUT2D eigenvalue weighted by Gasteiger charge is -2.09. The highest BCUT2D eigenvalue weighted by Crippen LogP contribution is 2.28. The van der Waals surface area contributed by atoms with E-state index in [1.807, 2.05) is 24.3 Å². The van der Waals surface area contributed by atoms with Gasteiger partial charge in [-0.3, -0.25) is 4.79 Å². The van der Waals surface area contributed by atoms with Crippen molar-refractivity contribution in [3.05, 3.63) is 29.6 Å². The Bertz CT molecular complexity index is 615. The maximum absolute atomic E-state index is 11.0. The number of nitrogens with one attached hydrogen (secondary N) is 2. The number of anilines is 2. The molecule has 1 aromatic heterocycles. The number of nitrogens with zero attached hydrogens (tertiary/aromatic N) is 1. The topological polar surface area (TPSA) is 54.0 Å². The van der Waals surface area contributed by atoms with Gasteiger partial charge in [0.1, 0.15) is 0 Å². The fourth-order valence-corrected chi connectivity index (χ4v) is 3.44. The van der Waals surface area contributed by atoms with Crippen LogP contribution in [0.4, 0.5) is 10.8 Å². The van der Waals surface area contributed by atoms with Crippen molar-refractivity contribution < 1.29 is 4.79 Å². The third kappa shape index (κ3) is 3.61. The summed E-state index contributed by atoms with van der Waals surface area (Å²) in [7, 11) is 0. The molecule has 0 radical (unpaired) electrons. The number of aromatic nitrogens is 1. The lowest BCUT2D eigenvalue weighted by molar-refractivity contribution is -0.114. The van der Waals surface area contributed by atoms with E-state index in [4.69, 9.17) is 0 Å². The van der Waals surface area contributed by atoms with Crippen LogP contribution in [0.15, 0.2) is 29.6 Å². The molecule has 0 saturated heterocycles. The Morgan fingerprint density at radius 3 is 2.62 bits per heavy atom. The quantitative estimate of drug-likeness (QED) is 0.893. The summed E-state index contributed by atoms with van der Waals surface area (Å²) >= 11 is 1.65. The Balaban J connectivity index is 1.68. The van der Waals surface area contributed by atoms with Crippen molar-refractivity contribution in [2.45, 2.75) is 38.6 Å². The summed E-state index contributed by atoms with van der Waals surface area (Å²) in [6.45, 7) is 1.51. The summed E-state index contributed by atoms with van der Waals surface area (Å²) in [5.41, 5.74) is 2.86. The molecule has 0 bridgehead atoms. The fourth-order valence-electron chi connectivity index (χ4n) is 2.64. The highest BCUT2D eigenvalue weighted by molar-refractivity contribution is 7.14. The molecule has 1 aliphatic carbocycles. The van der Waals surface area contributed by atoms with E-state index in [0.29, 0.717) is 6.04 Å². The molecule has 3 rings (SSSR count). The standard InChI is InChI=1S/C16H19N3OS/c1-11(20)17-14-8-6-12(7-9-14)15-10-21-16(19-15)18-13-4-2-3-5-13/h6-10,13H,2-5H2,1H3,(H,17,20)(H,18,19). The molecule has 1 aromatic carbocycles. The van der Waals surface area contributed by atoms with Crippen LogP contribution in [0.5, 0.6) is 0 Å². The Labute approximate surface area is 128 Å². The van der Waals surface area contributed by atoms with Crippen LogP contribution < -0.4 is 10.6 Å². The Morgan fingerprint density at radius 1 is 1.24 bits per heavy atom. The van der Waals surface area contributed by atoms with Crippen molar-refractivity contribution in [1.82, 2.24) is 4.98 Å². The van der Waals surface area contributed by atoms with Gasteiger partial charge >= 0.3 is 0 Å². The van der Waals surface area contributed by atoms with E-state index in [0.717, 1.165) is 22.1 Å². The predicted molar refractivity (Wildman–Crippen MR) is 87.7 cm³/mol. The van der Waals surface area contributed by atoms with Gasteiger partial charge in [-0.05, 0) is 25.0 Å². The molecule has 2 aromatic rings. The minimum atomic E-state index is -0.0561. The van der Waals surface area contributed by atoms with Gasteiger partial charge in [0.15, 0.2) is 5.13 Å². The Morgan fingerprint density at radius 2 is 1.95 bits per heavy atom. The van der Waals surface area contributed by atoms with Crippen LogP contribution in [0.2, 0.25) is 0 Å². The molecule has 110 valence electrons. The normalized spacial score (nSPS) is 15.1.